The van der Waals surface area contributed by atoms with Crippen molar-refractivity contribution in [3.63, 3.8) is 0 Å². The summed E-state index contributed by atoms with van der Waals surface area (Å²) in [5, 5.41) is 1.11. The summed E-state index contributed by atoms with van der Waals surface area (Å²) in [6.45, 7) is 0. The molecule has 0 amide bonds. The van der Waals surface area contributed by atoms with Gasteiger partial charge in [-0.05, 0) is 103 Å². The van der Waals surface area contributed by atoms with Crippen LogP contribution in [0.3, 0.4) is 0 Å². The Morgan fingerprint density at radius 3 is 1.52 bits per heavy atom. The zero-order valence-corrected chi connectivity index (χ0v) is 26.2. The number of thiophene rings is 1. The van der Waals surface area contributed by atoms with E-state index >= 15 is 0 Å². The van der Waals surface area contributed by atoms with Crippen molar-refractivity contribution in [2.45, 2.75) is 9.79 Å². The zero-order valence-electron chi connectivity index (χ0n) is 24.5. The molecule has 0 unspecified atom stereocenters. The summed E-state index contributed by atoms with van der Waals surface area (Å²) in [5.74, 6) is 3.11. The first-order chi connectivity index (χ1) is 22.7. The fraction of sp³-hybridized carbons (Fsp3) is 0. The number of aromatic nitrogens is 2. The van der Waals surface area contributed by atoms with Crippen LogP contribution < -0.4 is 9.47 Å². The van der Waals surface area contributed by atoms with Gasteiger partial charge in [-0.1, -0.05) is 66.4 Å². The van der Waals surface area contributed by atoms with E-state index in [1.807, 2.05) is 103 Å². The highest BCUT2D eigenvalue weighted by Gasteiger charge is 2.18. The highest BCUT2D eigenvalue weighted by atomic mass is 32.2. The van der Waals surface area contributed by atoms with E-state index in [1.54, 1.807) is 23.1 Å². The quantitative estimate of drug-likeness (QED) is 0.167. The molecule has 0 spiro atoms. The molecule has 0 saturated carbocycles. The fourth-order valence-corrected chi connectivity index (χ4v) is 7.13. The number of ether oxygens (including phenoxy) is 2. The van der Waals surface area contributed by atoms with Crippen molar-refractivity contribution < 1.29 is 9.47 Å². The Hall–Kier alpha value is -5.43. The van der Waals surface area contributed by atoms with Gasteiger partial charge in [0.1, 0.15) is 33.3 Å². The van der Waals surface area contributed by atoms with Crippen LogP contribution in [0, 0.1) is 0 Å². The molecule has 0 N–H and O–H groups in total. The van der Waals surface area contributed by atoms with Crippen molar-refractivity contribution >= 4 is 43.5 Å². The minimum Gasteiger partial charge on any atom is -0.457 e. The third-order valence-corrected chi connectivity index (χ3v) is 9.52. The predicted octanol–water partition coefficient (Wildman–Crippen LogP) is 11.9. The largest absolute Gasteiger partial charge is 0.457 e. The highest BCUT2D eigenvalue weighted by molar-refractivity contribution is 7.99. The first-order valence-corrected chi connectivity index (χ1v) is 16.5. The Morgan fingerprint density at radius 2 is 0.957 bits per heavy atom. The van der Waals surface area contributed by atoms with Crippen LogP contribution in [0.4, 0.5) is 0 Å². The molecule has 220 valence electrons. The summed E-state index contributed by atoms with van der Waals surface area (Å²) >= 11 is 3.42. The van der Waals surface area contributed by atoms with Crippen molar-refractivity contribution in [3.8, 4) is 45.5 Å². The Bertz CT molecular complexity index is 2250. The summed E-state index contributed by atoms with van der Waals surface area (Å²) in [6.07, 6.45) is 0. The average molecular weight is 631 g/mol. The lowest BCUT2D eigenvalue weighted by Gasteiger charge is -2.12. The normalized spacial score (nSPS) is 11.1. The van der Waals surface area contributed by atoms with Gasteiger partial charge in [-0.15, -0.1) is 11.3 Å². The number of fused-ring (bicyclic) bond motifs is 3. The molecule has 0 radical (unpaired) electrons. The van der Waals surface area contributed by atoms with E-state index < -0.39 is 0 Å². The lowest BCUT2D eigenvalue weighted by molar-refractivity contribution is 0.482. The maximum Gasteiger partial charge on any atom is 0.143 e. The minimum absolute atomic E-state index is 0.761. The average Bonchev–Trinajstić information content (AvgIpc) is 3.47. The fourth-order valence-electron chi connectivity index (χ4n) is 5.26. The van der Waals surface area contributed by atoms with Crippen molar-refractivity contribution in [2.24, 2.45) is 0 Å². The maximum atomic E-state index is 6.07. The summed E-state index contributed by atoms with van der Waals surface area (Å²) in [7, 11) is 0. The molecule has 0 atom stereocenters. The number of nitrogens with zero attached hydrogens (tertiary/aromatic N) is 2. The molecule has 8 rings (SSSR count). The Balaban J connectivity index is 1.21. The molecule has 0 bridgehead atoms. The summed E-state index contributed by atoms with van der Waals surface area (Å²) in [6, 6.07) is 52.7. The Morgan fingerprint density at radius 1 is 0.457 bits per heavy atom. The molecule has 0 aliphatic carbocycles. The van der Waals surface area contributed by atoms with Crippen LogP contribution in [0.25, 0.3) is 42.9 Å². The first-order valence-electron chi connectivity index (χ1n) is 14.9. The minimum atomic E-state index is 0.761. The highest BCUT2D eigenvalue weighted by Crippen LogP contribution is 2.40. The Labute approximate surface area is 275 Å². The number of hydrogen-bond donors (Lipinski definition) is 0. The number of hydrogen-bond acceptors (Lipinski definition) is 6. The molecule has 6 heteroatoms. The Kier molecular flexibility index (Phi) is 7.64. The van der Waals surface area contributed by atoms with E-state index in [4.69, 9.17) is 19.4 Å². The van der Waals surface area contributed by atoms with Crippen LogP contribution >= 0.6 is 23.1 Å². The molecule has 0 saturated heterocycles. The second-order valence-electron chi connectivity index (χ2n) is 10.6. The second-order valence-corrected chi connectivity index (χ2v) is 12.8. The van der Waals surface area contributed by atoms with Gasteiger partial charge in [0.05, 0.1) is 11.4 Å². The van der Waals surface area contributed by atoms with E-state index in [-0.39, 0.29) is 0 Å². The third-order valence-electron chi connectivity index (χ3n) is 7.47. The van der Waals surface area contributed by atoms with Crippen LogP contribution in [-0.4, -0.2) is 9.97 Å². The van der Waals surface area contributed by atoms with E-state index in [2.05, 4.69) is 54.6 Å². The lowest BCUT2D eigenvalue weighted by atomic mass is 10.0. The van der Waals surface area contributed by atoms with Gasteiger partial charge in [-0.3, -0.25) is 0 Å². The SMILES string of the molecule is c1ccc(Oc2ccc(-c3nc4sc5ccc(Sc6ccccc6)cc5c4nc3-c3ccc(Oc4ccccc4)cc3)cc2)cc1. The molecule has 2 heterocycles. The van der Waals surface area contributed by atoms with E-state index in [9.17, 15) is 0 Å². The van der Waals surface area contributed by atoms with Crippen molar-refractivity contribution in [1.29, 1.82) is 0 Å². The van der Waals surface area contributed by atoms with Gasteiger partial charge in [0.15, 0.2) is 0 Å². The first kappa shape index (κ1) is 28.1. The molecule has 6 aromatic carbocycles. The molecule has 0 fully saturated rings. The predicted molar refractivity (Wildman–Crippen MR) is 189 cm³/mol. The van der Waals surface area contributed by atoms with Crippen molar-refractivity contribution in [2.75, 3.05) is 0 Å². The van der Waals surface area contributed by atoms with Crippen LogP contribution in [0.2, 0.25) is 0 Å². The van der Waals surface area contributed by atoms with E-state index in [0.29, 0.717) is 0 Å². The molecule has 0 aliphatic rings. The second kappa shape index (κ2) is 12.5. The van der Waals surface area contributed by atoms with Crippen LogP contribution in [0.5, 0.6) is 23.0 Å². The summed E-state index contributed by atoms with van der Waals surface area (Å²) < 4.78 is 13.3. The van der Waals surface area contributed by atoms with Gasteiger partial charge in [-0.2, -0.15) is 0 Å². The van der Waals surface area contributed by atoms with Gasteiger partial charge >= 0.3 is 0 Å². The van der Waals surface area contributed by atoms with Gasteiger partial charge in [0, 0.05) is 31.0 Å². The van der Waals surface area contributed by atoms with Crippen LogP contribution in [0.1, 0.15) is 0 Å². The third kappa shape index (κ3) is 5.96. The zero-order chi connectivity index (χ0) is 30.7. The molecule has 46 heavy (non-hydrogen) atoms. The lowest BCUT2D eigenvalue weighted by Crippen LogP contribution is -1.94. The maximum absolute atomic E-state index is 6.07. The smallest absolute Gasteiger partial charge is 0.143 e. The van der Waals surface area contributed by atoms with Crippen LogP contribution in [0.15, 0.2) is 168 Å². The van der Waals surface area contributed by atoms with Gasteiger partial charge in [0.25, 0.3) is 0 Å². The number of para-hydroxylation sites is 2. The molecule has 2 aromatic heterocycles. The van der Waals surface area contributed by atoms with E-state index in [1.165, 1.54) is 9.79 Å². The number of rotatable bonds is 8. The van der Waals surface area contributed by atoms with E-state index in [0.717, 1.165) is 65.9 Å². The molecule has 8 aromatic rings. The standard InChI is InChI=1S/C40H26N2O2S2/c1-4-10-29(11-5-1)43-31-20-16-27(17-21-31)37-38(28-18-22-32(23-19-28)44-30-12-6-2-7-13-30)42-40-39(41-37)35-26-34(24-25-36(35)46-40)45-33-14-8-3-9-15-33/h1-26H. The topological polar surface area (TPSA) is 44.2 Å². The molecule has 0 aliphatic heterocycles. The van der Waals surface area contributed by atoms with Crippen LogP contribution in [-0.2, 0) is 0 Å². The van der Waals surface area contributed by atoms with Crippen molar-refractivity contribution in [3.05, 3.63) is 158 Å². The monoisotopic (exact) mass is 630 g/mol. The van der Waals surface area contributed by atoms with Gasteiger partial charge < -0.3 is 9.47 Å². The van der Waals surface area contributed by atoms with Gasteiger partial charge in [-0.25, -0.2) is 9.97 Å². The van der Waals surface area contributed by atoms with Crippen molar-refractivity contribution in [1.82, 2.24) is 9.97 Å². The molecular formula is C40H26N2O2S2. The molecule has 4 nitrogen and oxygen atoms in total. The van der Waals surface area contributed by atoms with Gasteiger partial charge in [0.2, 0.25) is 0 Å². The summed E-state index contributed by atoms with van der Waals surface area (Å²) in [5.41, 5.74) is 4.47. The number of benzene rings is 6. The molecular weight excluding hydrogens is 605 g/mol. The summed E-state index contributed by atoms with van der Waals surface area (Å²) in [4.78, 5) is 13.9.